The Balaban J connectivity index is 1.65. The molecule has 0 saturated heterocycles. The molecule has 0 radical (unpaired) electrons. The van der Waals surface area contributed by atoms with Crippen LogP contribution >= 0.6 is 11.8 Å². The number of amides is 1. The van der Waals surface area contributed by atoms with Crippen molar-refractivity contribution in [1.29, 1.82) is 0 Å². The van der Waals surface area contributed by atoms with Crippen LogP contribution in [0.3, 0.4) is 0 Å². The zero-order valence-electron chi connectivity index (χ0n) is 17.2. The van der Waals surface area contributed by atoms with E-state index in [-0.39, 0.29) is 23.6 Å². The highest BCUT2D eigenvalue weighted by Gasteiger charge is 2.18. The molecule has 1 unspecified atom stereocenters. The topological polar surface area (TPSA) is 95.7 Å². The maximum atomic E-state index is 12.2. The van der Waals surface area contributed by atoms with Gasteiger partial charge >= 0.3 is 0 Å². The molecule has 3 aromatic rings. The summed E-state index contributed by atoms with van der Waals surface area (Å²) >= 11 is 1.17. The average Bonchev–Trinajstić information content (AvgIpc) is 3.26. The molecule has 0 bridgehead atoms. The van der Waals surface area contributed by atoms with Crippen LogP contribution < -0.4 is 19.5 Å². The summed E-state index contributed by atoms with van der Waals surface area (Å²) in [7, 11) is 4.60. The molecule has 1 atom stereocenters. The van der Waals surface area contributed by atoms with Crippen molar-refractivity contribution in [1.82, 2.24) is 15.5 Å². The highest BCUT2D eigenvalue weighted by atomic mass is 32.2. The van der Waals surface area contributed by atoms with Crippen LogP contribution in [-0.2, 0) is 4.79 Å². The van der Waals surface area contributed by atoms with E-state index in [1.165, 1.54) is 33.1 Å². The summed E-state index contributed by atoms with van der Waals surface area (Å²) in [6.07, 6.45) is 0. The lowest BCUT2D eigenvalue weighted by Crippen LogP contribution is -2.28. The molecule has 1 aromatic heterocycles. The van der Waals surface area contributed by atoms with Crippen LogP contribution in [0.2, 0.25) is 0 Å². The average molecular weight is 429 g/mol. The first-order valence-corrected chi connectivity index (χ1v) is 10.1. The van der Waals surface area contributed by atoms with Gasteiger partial charge < -0.3 is 23.9 Å². The summed E-state index contributed by atoms with van der Waals surface area (Å²) in [6, 6.07) is 13.1. The van der Waals surface area contributed by atoms with Gasteiger partial charge in [0.15, 0.2) is 11.5 Å². The number of hydrogen-bond acceptors (Lipinski definition) is 8. The van der Waals surface area contributed by atoms with Crippen LogP contribution in [-0.4, -0.2) is 43.2 Å². The molecule has 158 valence electrons. The second-order valence-electron chi connectivity index (χ2n) is 6.28. The first-order valence-electron chi connectivity index (χ1n) is 9.16. The predicted octanol–water partition coefficient (Wildman–Crippen LogP) is 3.73. The smallest absolute Gasteiger partial charge is 0.277 e. The first-order chi connectivity index (χ1) is 14.5. The van der Waals surface area contributed by atoms with Gasteiger partial charge in [-0.1, -0.05) is 42.1 Å². The minimum absolute atomic E-state index is 0.0863. The van der Waals surface area contributed by atoms with Crippen LogP contribution in [0.1, 0.15) is 18.5 Å². The van der Waals surface area contributed by atoms with Gasteiger partial charge in [-0.25, -0.2) is 0 Å². The number of aromatic nitrogens is 2. The lowest BCUT2D eigenvalue weighted by atomic mass is 10.1. The van der Waals surface area contributed by atoms with Crippen molar-refractivity contribution in [2.45, 2.75) is 18.2 Å². The van der Waals surface area contributed by atoms with Gasteiger partial charge in [-0.15, -0.1) is 10.2 Å². The van der Waals surface area contributed by atoms with Gasteiger partial charge in [-0.2, -0.15) is 0 Å². The number of carbonyl (C=O) groups excluding carboxylic acids is 1. The molecule has 0 aliphatic rings. The Bertz CT molecular complexity index is 968. The Morgan fingerprint density at radius 3 is 2.33 bits per heavy atom. The molecule has 1 amide bonds. The molecule has 1 heterocycles. The van der Waals surface area contributed by atoms with E-state index in [2.05, 4.69) is 15.5 Å². The monoisotopic (exact) mass is 429 g/mol. The number of hydrogen-bond donors (Lipinski definition) is 1. The highest BCUT2D eigenvalue weighted by Crippen LogP contribution is 2.41. The molecular weight excluding hydrogens is 406 g/mol. The second kappa shape index (κ2) is 10.0. The lowest BCUT2D eigenvalue weighted by molar-refractivity contribution is -0.119. The van der Waals surface area contributed by atoms with Crippen molar-refractivity contribution in [2.75, 3.05) is 27.1 Å². The van der Waals surface area contributed by atoms with Gasteiger partial charge in [0.05, 0.1) is 33.1 Å². The summed E-state index contributed by atoms with van der Waals surface area (Å²) < 4.78 is 21.7. The van der Waals surface area contributed by atoms with E-state index in [0.717, 1.165) is 5.56 Å². The third-order valence-electron chi connectivity index (χ3n) is 4.32. The number of ether oxygens (including phenoxy) is 3. The van der Waals surface area contributed by atoms with Crippen LogP contribution in [0, 0.1) is 0 Å². The quantitative estimate of drug-likeness (QED) is 0.514. The SMILES string of the molecule is COc1cc(-c2nnc(SCC(=O)NC(C)c3ccccc3)o2)cc(OC)c1OC. The normalized spacial score (nSPS) is 11.6. The number of rotatable bonds is 9. The van der Waals surface area contributed by atoms with Crippen molar-refractivity contribution in [3.8, 4) is 28.7 Å². The summed E-state index contributed by atoms with van der Waals surface area (Å²) in [6.45, 7) is 1.94. The van der Waals surface area contributed by atoms with Gasteiger partial charge in [-0.3, -0.25) is 4.79 Å². The second-order valence-corrected chi connectivity index (χ2v) is 7.20. The van der Waals surface area contributed by atoms with Crippen LogP contribution in [0.5, 0.6) is 17.2 Å². The molecule has 9 heteroatoms. The highest BCUT2D eigenvalue weighted by molar-refractivity contribution is 7.99. The van der Waals surface area contributed by atoms with Gasteiger partial charge in [0.25, 0.3) is 5.22 Å². The van der Waals surface area contributed by atoms with E-state index in [0.29, 0.717) is 28.0 Å². The molecule has 0 fully saturated rings. The van der Waals surface area contributed by atoms with Gasteiger partial charge in [0.2, 0.25) is 17.5 Å². The maximum Gasteiger partial charge on any atom is 0.277 e. The molecular formula is C21H23N3O5S. The predicted molar refractivity (Wildman–Crippen MR) is 113 cm³/mol. The molecule has 1 N–H and O–H groups in total. The summed E-state index contributed by atoms with van der Waals surface area (Å²) in [4.78, 5) is 12.2. The Labute approximate surface area is 178 Å². The van der Waals surface area contributed by atoms with Crippen molar-refractivity contribution in [3.63, 3.8) is 0 Å². The molecule has 8 nitrogen and oxygen atoms in total. The van der Waals surface area contributed by atoms with Gasteiger partial charge in [0.1, 0.15) is 0 Å². The Hall–Kier alpha value is -3.20. The van der Waals surface area contributed by atoms with Gasteiger partial charge in [-0.05, 0) is 24.6 Å². The van der Waals surface area contributed by atoms with E-state index in [1.807, 2.05) is 37.3 Å². The third kappa shape index (κ3) is 5.04. The van der Waals surface area contributed by atoms with Crippen molar-refractivity contribution < 1.29 is 23.4 Å². The number of nitrogens with zero attached hydrogens (tertiary/aromatic N) is 2. The lowest BCUT2D eigenvalue weighted by Gasteiger charge is -2.13. The number of nitrogens with one attached hydrogen (secondary N) is 1. The molecule has 30 heavy (non-hydrogen) atoms. The standard InChI is InChI=1S/C21H23N3O5S/c1-13(14-8-6-5-7-9-14)22-18(25)12-30-21-24-23-20(29-21)15-10-16(26-2)19(28-4)17(11-15)27-3/h5-11,13H,12H2,1-4H3,(H,22,25). The summed E-state index contributed by atoms with van der Waals surface area (Å²) in [5, 5.41) is 11.3. The van der Waals surface area contributed by atoms with E-state index in [4.69, 9.17) is 18.6 Å². The van der Waals surface area contributed by atoms with Gasteiger partial charge in [0, 0.05) is 5.56 Å². The molecule has 3 rings (SSSR count). The van der Waals surface area contributed by atoms with E-state index in [9.17, 15) is 4.79 Å². The van der Waals surface area contributed by atoms with Crippen LogP contribution in [0.4, 0.5) is 0 Å². The molecule has 2 aromatic carbocycles. The fraction of sp³-hybridized carbons (Fsp3) is 0.286. The van der Waals surface area contributed by atoms with E-state index in [1.54, 1.807) is 12.1 Å². The Morgan fingerprint density at radius 2 is 1.73 bits per heavy atom. The van der Waals surface area contributed by atoms with E-state index < -0.39 is 0 Å². The van der Waals surface area contributed by atoms with Crippen molar-refractivity contribution in [2.24, 2.45) is 0 Å². The zero-order chi connectivity index (χ0) is 21.5. The van der Waals surface area contributed by atoms with Crippen molar-refractivity contribution in [3.05, 3.63) is 48.0 Å². The first kappa shape index (κ1) is 21.5. The zero-order valence-corrected chi connectivity index (χ0v) is 18.0. The minimum atomic E-state index is -0.121. The van der Waals surface area contributed by atoms with Crippen LogP contribution in [0.15, 0.2) is 52.1 Å². The Morgan fingerprint density at radius 1 is 1.07 bits per heavy atom. The van der Waals surface area contributed by atoms with Crippen molar-refractivity contribution >= 4 is 17.7 Å². The molecule has 0 saturated carbocycles. The fourth-order valence-electron chi connectivity index (χ4n) is 2.82. The number of benzene rings is 2. The molecule has 0 aliphatic heterocycles. The number of methoxy groups -OCH3 is 3. The third-order valence-corrected chi connectivity index (χ3v) is 5.14. The summed E-state index contributed by atoms with van der Waals surface area (Å²) in [5.74, 6) is 1.76. The van der Waals surface area contributed by atoms with E-state index >= 15 is 0 Å². The Kier molecular flexibility index (Phi) is 7.18. The molecule has 0 spiro atoms. The minimum Gasteiger partial charge on any atom is -0.493 e. The molecule has 0 aliphatic carbocycles. The van der Waals surface area contributed by atoms with Crippen LogP contribution in [0.25, 0.3) is 11.5 Å². The number of thioether (sulfide) groups is 1. The number of carbonyl (C=O) groups is 1. The largest absolute Gasteiger partial charge is 0.493 e. The maximum absolute atomic E-state index is 12.2. The summed E-state index contributed by atoms with van der Waals surface area (Å²) in [5.41, 5.74) is 1.66. The fourth-order valence-corrected chi connectivity index (χ4v) is 3.40.